The number of esters is 3. The molecule has 0 aromatic carbocycles. The van der Waals surface area contributed by atoms with Crippen LogP contribution < -0.4 is 17.1 Å². The molecule has 3 aliphatic heterocycles. The maximum atomic E-state index is 13.2. The quantitative estimate of drug-likeness (QED) is 0.0968. The first-order chi connectivity index (χ1) is 22.8. The molecule has 0 saturated heterocycles. The number of amides is 6. The Bertz CT molecular complexity index is 1600. The third kappa shape index (κ3) is 7.81. The van der Waals surface area contributed by atoms with Gasteiger partial charge in [-0.15, -0.1) is 0 Å². The molecule has 21 heteroatoms. The molecule has 3 aliphatic rings. The van der Waals surface area contributed by atoms with Crippen molar-refractivity contribution < 1.29 is 57.4 Å². The van der Waals surface area contributed by atoms with Crippen molar-refractivity contribution in [3.8, 4) is 0 Å². The largest absolute Gasteiger partial charge is 0.444 e. The van der Waals surface area contributed by atoms with Crippen molar-refractivity contribution in [1.29, 1.82) is 0 Å². The van der Waals surface area contributed by atoms with Gasteiger partial charge in [-0.1, -0.05) is 0 Å². The number of carbonyl (C=O) groups excluding carboxylic acids is 9. The second-order valence-corrected chi connectivity index (χ2v) is 9.80. The highest BCUT2D eigenvalue weighted by Crippen LogP contribution is 2.06. The van der Waals surface area contributed by atoms with Crippen LogP contribution in [0.5, 0.6) is 0 Å². The Morgan fingerprint density at radius 2 is 0.604 bits per heavy atom. The molecule has 0 bridgehead atoms. The molecule has 0 saturated carbocycles. The lowest BCUT2D eigenvalue weighted by Crippen LogP contribution is -2.55. The topological polar surface area (TPSA) is 257 Å². The lowest BCUT2D eigenvalue weighted by molar-refractivity contribution is -0.157. The third-order valence-corrected chi connectivity index (χ3v) is 6.77. The van der Waals surface area contributed by atoms with Crippen molar-refractivity contribution in [2.24, 2.45) is 0 Å². The maximum absolute atomic E-state index is 13.2. The van der Waals surface area contributed by atoms with E-state index in [1.54, 1.807) is 0 Å². The minimum absolute atomic E-state index is 0.438. The Morgan fingerprint density at radius 3 is 0.812 bits per heavy atom. The minimum atomic E-state index is -1.27. The molecule has 0 radical (unpaired) electrons. The molecule has 0 atom stereocenters. The molecule has 1 aromatic rings. The van der Waals surface area contributed by atoms with E-state index in [0.717, 1.165) is 36.5 Å². The molecule has 0 N–H and O–H groups in total. The predicted octanol–water partition coefficient (Wildman–Crippen LogP) is -4.38. The number of imide groups is 3. The molecule has 0 aliphatic carbocycles. The first-order valence-electron chi connectivity index (χ1n) is 13.8. The van der Waals surface area contributed by atoms with Gasteiger partial charge in [0.05, 0.1) is 19.3 Å². The summed E-state index contributed by atoms with van der Waals surface area (Å²) in [4.78, 5) is 148. The van der Waals surface area contributed by atoms with Gasteiger partial charge < -0.3 is 14.2 Å². The van der Waals surface area contributed by atoms with Crippen LogP contribution in [0.3, 0.4) is 0 Å². The number of hydrogen-bond donors (Lipinski definition) is 0. The summed E-state index contributed by atoms with van der Waals surface area (Å²) < 4.78 is 15.9. The van der Waals surface area contributed by atoms with Crippen LogP contribution in [0.4, 0.5) is 0 Å². The number of ether oxygens (including phenoxy) is 3. The number of aromatic nitrogens is 3. The number of hydrogen-bond acceptors (Lipinski definition) is 15. The number of carbonyl (C=O) groups is 9. The van der Waals surface area contributed by atoms with E-state index in [1.807, 2.05) is 0 Å². The summed E-state index contributed by atoms with van der Waals surface area (Å²) in [5.74, 6) is -7.56. The molecular weight excluding hydrogens is 648 g/mol. The zero-order valence-corrected chi connectivity index (χ0v) is 24.6. The zero-order chi connectivity index (χ0) is 35.1. The molecule has 0 unspecified atom stereocenters. The second kappa shape index (κ2) is 14.7. The Labute approximate surface area is 266 Å². The van der Waals surface area contributed by atoms with Crippen molar-refractivity contribution in [3.63, 3.8) is 0 Å². The predicted molar refractivity (Wildman–Crippen MR) is 149 cm³/mol. The van der Waals surface area contributed by atoms with Crippen molar-refractivity contribution in [2.75, 3.05) is 20.2 Å². The fourth-order valence-corrected chi connectivity index (χ4v) is 4.17. The second-order valence-electron chi connectivity index (χ2n) is 9.80. The zero-order valence-electron chi connectivity index (χ0n) is 24.6. The summed E-state index contributed by atoms with van der Waals surface area (Å²) in [6, 6.07) is 0. The Hall–Kier alpha value is -6.54. The summed E-state index contributed by atoms with van der Waals surface area (Å²) in [6.45, 7) is -4.32. The van der Waals surface area contributed by atoms with Crippen LogP contribution >= 0.6 is 0 Å². The van der Waals surface area contributed by atoms with Gasteiger partial charge in [-0.25, -0.2) is 42.8 Å². The number of rotatable bonds is 15. The van der Waals surface area contributed by atoms with Gasteiger partial charge in [-0.2, -0.15) is 0 Å². The lowest BCUT2D eigenvalue weighted by atomic mass is 10.4. The van der Waals surface area contributed by atoms with Crippen molar-refractivity contribution in [3.05, 3.63) is 67.9 Å². The average molecular weight is 673 g/mol. The molecule has 252 valence electrons. The normalized spacial score (nSPS) is 15.4. The monoisotopic (exact) mass is 672 g/mol. The molecule has 4 rings (SSSR count). The highest BCUT2D eigenvalue weighted by atomic mass is 16.6. The number of nitrogens with zero attached hydrogens (tertiary/aromatic N) is 6. The van der Waals surface area contributed by atoms with Crippen molar-refractivity contribution in [2.45, 2.75) is 38.9 Å². The SMILES string of the molecule is O=C(CCn1c(=O)n(CCC(=O)OCN2C(=O)C=CC2=O)c(=O)n(CCC(=O)OCN2C(=O)C=CC2=O)c1=O)OCN1C(=O)C=CC1=O. The van der Waals surface area contributed by atoms with E-state index in [9.17, 15) is 57.5 Å². The molecule has 1 aromatic heterocycles. The van der Waals surface area contributed by atoms with Crippen LogP contribution in [-0.2, 0) is 77.0 Å². The van der Waals surface area contributed by atoms with Gasteiger partial charge in [-0.3, -0.25) is 43.2 Å². The highest BCUT2D eigenvalue weighted by molar-refractivity contribution is 6.14. The van der Waals surface area contributed by atoms with Crippen LogP contribution in [0.25, 0.3) is 0 Å². The maximum Gasteiger partial charge on any atom is 0.336 e. The summed E-state index contributed by atoms with van der Waals surface area (Å²) >= 11 is 0. The summed E-state index contributed by atoms with van der Waals surface area (Å²) in [5, 5.41) is 0. The summed E-state index contributed by atoms with van der Waals surface area (Å²) in [7, 11) is 0. The van der Waals surface area contributed by atoms with Crippen molar-refractivity contribution in [1.82, 2.24) is 28.4 Å². The van der Waals surface area contributed by atoms with E-state index in [2.05, 4.69) is 0 Å². The van der Waals surface area contributed by atoms with E-state index >= 15 is 0 Å². The lowest BCUT2D eigenvalue weighted by Gasteiger charge is -2.16. The Balaban J connectivity index is 1.46. The fourth-order valence-electron chi connectivity index (χ4n) is 4.17. The smallest absolute Gasteiger partial charge is 0.336 e. The molecule has 0 fully saturated rings. The molecule has 48 heavy (non-hydrogen) atoms. The van der Waals surface area contributed by atoms with Gasteiger partial charge in [0.15, 0.2) is 20.2 Å². The molecule has 6 amide bonds. The van der Waals surface area contributed by atoms with Crippen LogP contribution in [-0.4, -0.2) is 102 Å². The van der Waals surface area contributed by atoms with Crippen LogP contribution in [0.15, 0.2) is 50.8 Å². The van der Waals surface area contributed by atoms with Gasteiger partial charge >= 0.3 is 35.0 Å². The standard InChI is InChI=1S/C27H24N6O15/c34-16-1-2-17(35)31(16)13-46-22(40)7-10-28-25(43)29(11-8-23(41)47-14-32-18(36)3-4-19(32)37)27(45)30(26(28)44)12-9-24(42)48-15-33-20(38)5-6-21(33)39/h1-6H,7-15H2. The first-order valence-corrected chi connectivity index (χ1v) is 13.8. The Kier molecular flexibility index (Phi) is 10.5. The molecule has 4 heterocycles. The Morgan fingerprint density at radius 1 is 0.396 bits per heavy atom. The first kappa shape index (κ1) is 34.3. The van der Waals surface area contributed by atoms with E-state index in [4.69, 9.17) is 14.2 Å². The van der Waals surface area contributed by atoms with E-state index in [1.165, 1.54) is 0 Å². The van der Waals surface area contributed by atoms with E-state index < -0.39 is 130 Å². The fraction of sp³-hybridized carbons (Fsp3) is 0.333. The van der Waals surface area contributed by atoms with Crippen LogP contribution in [0, 0.1) is 0 Å². The summed E-state index contributed by atoms with van der Waals surface area (Å²) in [5.41, 5.74) is -3.82. The molecule has 21 nitrogen and oxygen atoms in total. The summed E-state index contributed by atoms with van der Waals surface area (Å²) in [6.07, 6.45) is 3.74. The van der Waals surface area contributed by atoms with Gasteiger partial charge in [-0.05, 0) is 0 Å². The highest BCUT2D eigenvalue weighted by Gasteiger charge is 2.27. The molecular formula is C27H24N6O15. The van der Waals surface area contributed by atoms with Gasteiger partial charge in [0.2, 0.25) is 0 Å². The minimum Gasteiger partial charge on any atom is -0.444 e. The third-order valence-electron chi connectivity index (χ3n) is 6.77. The van der Waals surface area contributed by atoms with E-state index in [0.29, 0.717) is 28.4 Å². The van der Waals surface area contributed by atoms with Crippen LogP contribution in [0.1, 0.15) is 19.3 Å². The van der Waals surface area contributed by atoms with Gasteiger partial charge in [0.1, 0.15) is 0 Å². The van der Waals surface area contributed by atoms with Crippen LogP contribution in [0.2, 0.25) is 0 Å². The van der Waals surface area contributed by atoms with Crippen molar-refractivity contribution >= 4 is 53.4 Å². The van der Waals surface area contributed by atoms with Gasteiger partial charge in [0.25, 0.3) is 35.4 Å². The van der Waals surface area contributed by atoms with Gasteiger partial charge in [0, 0.05) is 56.1 Å². The van der Waals surface area contributed by atoms with E-state index in [-0.39, 0.29) is 0 Å². The molecule has 0 spiro atoms. The average Bonchev–Trinajstić information content (AvgIpc) is 3.66.